The number of rotatable bonds is 4. The van der Waals surface area contributed by atoms with E-state index in [1.165, 1.54) is 0 Å². The summed E-state index contributed by atoms with van der Waals surface area (Å²) in [6.45, 7) is 1.14. The lowest BCUT2D eigenvalue weighted by molar-refractivity contribution is -0.276. The van der Waals surface area contributed by atoms with Gasteiger partial charge in [0, 0.05) is 24.3 Å². The van der Waals surface area contributed by atoms with Gasteiger partial charge in [0.2, 0.25) is 0 Å². The summed E-state index contributed by atoms with van der Waals surface area (Å²) in [6.07, 6.45) is 0.437. The first-order valence-corrected chi connectivity index (χ1v) is 8.95. The van der Waals surface area contributed by atoms with Crippen LogP contribution in [0.2, 0.25) is 0 Å². The van der Waals surface area contributed by atoms with Crippen molar-refractivity contribution >= 4 is 0 Å². The highest BCUT2D eigenvalue weighted by molar-refractivity contribution is 5.16. The van der Waals surface area contributed by atoms with Gasteiger partial charge in [-0.05, 0) is 5.56 Å². The Kier molecular flexibility index (Phi) is 5.13. The van der Waals surface area contributed by atoms with Crippen LogP contribution in [0, 0.1) is 5.92 Å². The molecule has 0 bridgehead atoms. The van der Waals surface area contributed by atoms with Gasteiger partial charge in [-0.2, -0.15) is 0 Å². The summed E-state index contributed by atoms with van der Waals surface area (Å²) >= 11 is 0. The monoisotopic (exact) mass is 340 g/mol. The lowest BCUT2D eigenvalue weighted by Crippen LogP contribution is -2.50. The second kappa shape index (κ2) is 7.67. The Bertz CT molecular complexity index is 652. The molecular weight excluding hydrogens is 316 g/mol. The van der Waals surface area contributed by atoms with Crippen LogP contribution in [0.3, 0.4) is 0 Å². The minimum absolute atomic E-state index is 0.0384. The zero-order valence-corrected chi connectivity index (χ0v) is 14.2. The molecule has 1 saturated carbocycles. The third kappa shape index (κ3) is 3.93. The molecule has 0 spiro atoms. The van der Waals surface area contributed by atoms with E-state index in [1.54, 1.807) is 0 Å². The first kappa shape index (κ1) is 16.7. The minimum Gasteiger partial charge on any atom is -0.393 e. The molecule has 1 aliphatic carbocycles. The van der Waals surface area contributed by atoms with E-state index in [4.69, 9.17) is 14.2 Å². The lowest BCUT2D eigenvalue weighted by atomic mass is 9.82. The van der Waals surface area contributed by atoms with Crippen molar-refractivity contribution < 1.29 is 19.3 Å². The zero-order chi connectivity index (χ0) is 17.1. The summed E-state index contributed by atoms with van der Waals surface area (Å²) in [7, 11) is 0. The third-order valence-electron chi connectivity index (χ3n) is 5.08. The first-order valence-electron chi connectivity index (χ1n) is 8.95. The molecule has 4 nitrogen and oxygen atoms in total. The fourth-order valence-corrected chi connectivity index (χ4v) is 3.74. The van der Waals surface area contributed by atoms with Crippen molar-refractivity contribution in [1.29, 1.82) is 0 Å². The van der Waals surface area contributed by atoms with Gasteiger partial charge in [0.1, 0.15) is 0 Å². The topological polar surface area (TPSA) is 47.9 Å². The highest BCUT2D eigenvalue weighted by Crippen LogP contribution is 2.38. The van der Waals surface area contributed by atoms with Crippen molar-refractivity contribution in [2.75, 3.05) is 6.61 Å². The van der Waals surface area contributed by atoms with Crippen LogP contribution in [0.25, 0.3) is 0 Å². The summed E-state index contributed by atoms with van der Waals surface area (Å²) < 4.78 is 18.3. The van der Waals surface area contributed by atoms with Crippen molar-refractivity contribution in [3.05, 3.63) is 71.8 Å². The number of ether oxygens (including phenoxy) is 3. The fourth-order valence-electron chi connectivity index (χ4n) is 3.74. The van der Waals surface area contributed by atoms with E-state index >= 15 is 0 Å². The molecule has 5 atom stereocenters. The molecule has 132 valence electrons. The number of hydrogen-bond donors (Lipinski definition) is 1. The lowest BCUT2D eigenvalue weighted by Gasteiger charge is -2.44. The molecule has 25 heavy (non-hydrogen) atoms. The van der Waals surface area contributed by atoms with Crippen molar-refractivity contribution in [1.82, 2.24) is 0 Å². The molecule has 1 N–H and O–H groups in total. The van der Waals surface area contributed by atoms with E-state index in [1.807, 2.05) is 48.5 Å². The molecule has 2 aromatic rings. The van der Waals surface area contributed by atoms with E-state index in [0.717, 1.165) is 11.1 Å². The average Bonchev–Trinajstić information content (AvgIpc) is 2.67. The molecule has 1 heterocycles. The summed E-state index contributed by atoms with van der Waals surface area (Å²) in [6, 6.07) is 20.1. The highest BCUT2D eigenvalue weighted by atomic mass is 16.7. The van der Waals surface area contributed by atoms with Gasteiger partial charge in [-0.15, -0.1) is 0 Å². The quantitative estimate of drug-likeness (QED) is 0.926. The molecule has 2 fully saturated rings. The fraction of sp³-hybridized carbons (Fsp3) is 0.429. The van der Waals surface area contributed by atoms with Crippen LogP contribution in [0.15, 0.2) is 60.7 Å². The maximum atomic E-state index is 10.3. The van der Waals surface area contributed by atoms with Gasteiger partial charge in [-0.3, -0.25) is 0 Å². The van der Waals surface area contributed by atoms with Crippen molar-refractivity contribution in [3.8, 4) is 0 Å². The average molecular weight is 340 g/mol. The Balaban J connectivity index is 1.41. The summed E-state index contributed by atoms with van der Waals surface area (Å²) in [5.41, 5.74) is 2.15. The van der Waals surface area contributed by atoms with Gasteiger partial charge in [0.15, 0.2) is 6.29 Å². The van der Waals surface area contributed by atoms with Crippen molar-refractivity contribution in [2.45, 2.75) is 44.1 Å². The molecule has 0 unspecified atom stereocenters. The predicted octanol–water partition coefficient (Wildman–Crippen LogP) is 3.46. The van der Waals surface area contributed by atoms with E-state index in [2.05, 4.69) is 12.1 Å². The molecule has 4 heteroatoms. The maximum Gasteiger partial charge on any atom is 0.184 e. The van der Waals surface area contributed by atoms with Crippen LogP contribution in [0.4, 0.5) is 0 Å². The molecule has 4 rings (SSSR count). The van der Waals surface area contributed by atoms with Gasteiger partial charge in [0.05, 0.1) is 31.5 Å². The number of aliphatic hydroxyl groups excluding tert-OH is 1. The standard InChI is InChI=1S/C21H24O4/c22-17-11-19(23-13-15-7-3-1-4-8-15)18-14-24-21(25-20(18)12-17)16-9-5-2-6-10-16/h1-10,17-22H,11-14H2/t17-,18-,19+,20-,21+/m0/s1. The van der Waals surface area contributed by atoms with Crippen LogP contribution in [0.5, 0.6) is 0 Å². The predicted molar refractivity (Wildman–Crippen MR) is 93.8 cm³/mol. The second-order valence-corrected chi connectivity index (χ2v) is 6.87. The molecule has 0 radical (unpaired) electrons. The Morgan fingerprint density at radius 1 is 0.960 bits per heavy atom. The Morgan fingerprint density at radius 2 is 1.68 bits per heavy atom. The van der Waals surface area contributed by atoms with Gasteiger partial charge in [-0.1, -0.05) is 60.7 Å². The largest absolute Gasteiger partial charge is 0.393 e. The van der Waals surface area contributed by atoms with E-state index in [-0.39, 0.29) is 24.4 Å². The van der Waals surface area contributed by atoms with E-state index in [9.17, 15) is 5.11 Å². The van der Waals surface area contributed by atoms with Gasteiger partial charge < -0.3 is 19.3 Å². The van der Waals surface area contributed by atoms with Crippen molar-refractivity contribution in [2.24, 2.45) is 5.92 Å². The number of aliphatic hydroxyl groups is 1. The third-order valence-corrected chi connectivity index (χ3v) is 5.08. The number of benzene rings is 2. The SMILES string of the molecule is O[C@@H]1C[C@@H]2O[C@H](c3ccccc3)OC[C@H]2[C@H](OCc2ccccc2)C1. The zero-order valence-electron chi connectivity index (χ0n) is 14.2. The summed E-state index contributed by atoms with van der Waals surface area (Å²) in [5, 5.41) is 10.3. The van der Waals surface area contributed by atoms with Crippen LogP contribution in [0.1, 0.15) is 30.3 Å². The molecule has 0 aromatic heterocycles. The van der Waals surface area contributed by atoms with Gasteiger partial charge in [-0.25, -0.2) is 0 Å². The molecule has 1 aliphatic heterocycles. The number of fused-ring (bicyclic) bond motifs is 1. The summed E-state index contributed by atoms with van der Waals surface area (Å²) in [4.78, 5) is 0. The van der Waals surface area contributed by atoms with Crippen LogP contribution < -0.4 is 0 Å². The Hall–Kier alpha value is -1.72. The van der Waals surface area contributed by atoms with Gasteiger partial charge >= 0.3 is 0 Å². The van der Waals surface area contributed by atoms with Crippen LogP contribution >= 0.6 is 0 Å². The Morgan fingerprint density at radius 3 is 2.44 bits per heavy atom. The second-order valence-electron chi connectivity index (χ2n) is 6.87. The van der Waals surface area contributed by atoms with Crippen LogP contribution in [-0.4, -0.2) is 30.0 Å². The first-order chi connectivity index (χ1) is 12.3. The normalized spacial score (nSPS) is 32.1. The minimum atomic E-state index is -0.392. The summed E-state index contributed by atoms with van der Waals surface area (Å²) in [5.74, 6) is 0.159. The molecule has 2 aromatic carbocycles. The number of hydrogen-bond acceptors (Lipinski definition) is 4. The molecule has 2 aliphatic rings. The van der Waals surface area contributed by atoms with Gasteiger partial charge in [0.25, 0.3) is 0 Å². The molecular formula is C21H24O4. The Labute approximate surface area is 148 Å². The van der Waals surface area contributed by atoms with E-state index in [0.29, 0.717) is 26.1 Å². The van der Waals surface area contributed by atoms with Crippen LogP contribution in [-0.2, 0) is 20.8 Å². The maximum absolute atomic E-state index is 10.3. The highest BCUT2D eigenvalue weighted by Gasteiger charge is 2.43. The smallest absolute Gasteiger partial charge is 0.184 e. The molecule has 0 amide bonds. The van der Waals surface area contributed by atoms with E-state index < -0.39 is 6.10 Å². The van der Waals surface area contributed by atoms with Crippen molar-refractivity contribution in [3.63, 3.8) is 0 Å². The molecule has 1 saturated heterocycles.